The number of rotatable bonds is 5. The summed E-state index contributed by atoms with van der Waals surface area (Å²) in [5.41, 5.74) is 2.09. The van der Waals surface area contributed by atoms with E-state index in [0.29, 0.717) is 17.9 Å². The molecule has 0 amide bonds. The summed E-state index contributed by atoms with van der Waals surface area (Å²) >= 11 is 1.64. The molecule has 3 aromatic rings. The van der Waals surface area contributed by atoms with Crippen LogP contribution in [0.2, 0.25) is 0 Å². The highest BCUT2D eigenvalue weighted by Crippen LogP contribution is 2.29. The number of thioether (sulfide) groups is 1. The summed E-state index contributed by atoms with van der Waals surface area (Å²) in [4.78, 5) is 12.6. The van der Waals surface area contributed by atoms with E-state index in [-0.39, 0.29) is 5.63 Å². The van der Waals surface area contributed by atoms with Crippen LogP contribution in [-0.2, 0) is 6.61 Å². The van der Waals surface area contributed by atoms with E-state index in [4.69, 9.17) is 13.9 Å². The molecular weight excluding hydrogens is 324 g/mol. The Hall–Kier alpha value is -2.40. The highest BCUT2D eigenvalue weighted by atomic mass is 32.2. The molecule has 24 heavy (non-hydrogen) atoms. The van der Waals surface area contributed by atoms with Gasteiger partial charge in [-0.1, -0.05) is 6.07 Å². The van der Waals surface area contributed by atoms with Gasteiger partial charge in [-0.05, 0) is 48.6 Å². The van der Waals surface area contributed by atoms with Crippen LogP contribution in [0, 0.1) is 6.92 Å². The summed E-state index contributed by atoms with van der Waals surface area (Å²) in [7, 11) is 1.66. The third-order valence-electron chi connectivity index (χ3n) is 3.78. The third kappa shape index (κ3) is 3.41. The van der Waals surface area contributed by atoms with Crippen LogP contribution in [0.5, 0.6) is 11.5 Å². The van der Waals surface area contributed by atoms with Crippen molar-refractivity contribution in [2.24, 2.45) is 0 Å². The number of methoxy groups -OCH3 is 1. The minimum atomic E-state index is -0.352. The molecule has 1 heterocycles. The average molecular weight is 342 g/mol. The van der Waals surface area contributed by atoms with Crippen molar-refractivity contribution < 1.29 is 13.9 Å². The summed E-state index contributed by atoms with van der Waals surface area (Å²) in [5.74, 6) is 1.49. The van der Waals surface area contributed by atoms with Crippen molar-refractivity contribution in [1.82, 2.24) is 0 Å². The van der Waals surface area contributed by atoms with Crippen LogP contribution in [0.1, 0.15) is 11.1 Å². The van der Waals surface area contributed by atoms with Crippen LogP contribution in [0.4, 0.5) is 0 Å². The molecule has 3 rings (SSSR count). The Morgan fingerprint density at radius 3 is 2.71 bits per heavy atom. The van der Waals surface area contributed by atoms with Crippen molar-refractivity contribution >= 4 is 22.7 Å². The lowest BCUT2D eigenvalue weighted by atomic mass is 10.1. The van der Waals surface area contributed by atoms with E-state index in [2.05, 4.69) is 0 Å². The van der Waals surface area contributed by atoms with Crippen molar-refractivity contribution in [2.75, 3.05) is 13.4 Å². The van der Waals surface area contributed by atoms with Gasteiger partial charge in [0, 0.05) is 22.4 Å². The molecule has 0 fully saturated rings. The standard InChI is InChI=1S/C19H18O4S/c1-12-8-19(20)23-16-10-14(5-6-15(12)16)22-11-13-4-7-18(24-3)17(9-13)21-2/h4-10H,11H2,1-3H3. The van der Waals surface area contributed by atoms with Gasteiger partial charge < -0.3 is 13.9 Å². The topological polar surface area (TPSA) is 48.7 Å². The summed E-state index contributed by atoms with van der Waals surface area (Å²) in [6.07, 6.45) is 2.01. The lowest BCUT2D eigenvalue weighted by Crippen LogP contribution is -1.99. The Labute approximate surface area is 144 Å². The van der Waals surface area contributed by atoms with Crippen LogP contribution < -0.4 is 15.1 Å². The van der Waals surface area contributed by atoms with E-state index < -0.39 is 0 Å². The second kappa shape index (κ2) is 7.01. The molecule has 0 aliphatic carbocycles. The molecule has 0 radical (unpaired) electrons. The Morgan fingerprint density at radius 1 is 1.12 bits per heavy atom. The highest BCUT2D eigenvalue weighted by Gasteiger charge is 2.06. The second-order valence-electron chi connectivity index (χ2n) is 5.38. The fourth-order valence-corrected chi connectivity index (χ4v) is 3.08. The molecule has 124 valence electrons. The normalized spacial score (nSPS) is 10.8. The van der Waals surface area contributed by atoms with Gasteiger partial charge in [-0.2, -0.15) is 0 Å². The minimum absolute atomic E-state index is 0.352. The van der Waals surface area contributed by atoms with Gasteiger partial charge in [-0.3, -0.25) is 0 Å². The molecule has 0 atom stereocenters. The molecule has 0 N–H and O–H groups in total. The number of fused-ring (bicyclic) bond motifs is 1. The summed E-state index contributed by atoms with van der Waals surface area (Å²) in [6.45, 7) is 2.30. The Bertz CT molecular complexity index is 930. The van der Waals surface area contributed by atoms with Crippen molar-refractivity contribution in [2.45, 2.75) is 18.4 Å². The van der Waals surface area contributed by atoms with Crippen molar-refractivity contribution in [3.05, 3.63) is 64.0 Å². The van der Waals surface area contributed by atoms with Crippen molar-refractivity contribution in [1.29, 1.82) is 0 Å². The Balaban J connectivity index is 1.82. The molecule has 2 aromatic carbocycles. The number of hydrogen-bond donors (Lipinski definition) is 0. The maximum absolute atomic E-state index is 11.5. The Kier molecular flexibility index (Phi) is 4.81. The smallest absolute Gasteiger partial charge is 0.336 e. The van der Waals surface area contributed by atoms with Crippen molar-refractivity contribution in [3.63, 3.8) is 0 Å². The molecule has 1 aromatic heterocycles. The molecular formula is C19H18O4S. The largest absolute Gasteiger partial charge is 0.496 e. The van der Waals surface area contributed by atoms with E-state index in [0.717, 1.165) is 27.2 Å². The molecule has 0 unspecified atom stereocenters. The first-order valence-electron chi connectivity index (χ1n) is 7.49. The number of aryl methyl sites for hydroxylation is 1. The number of ether oxygens (including phenoxy) is 2. The molecule has 0 saturated carbocycles. The van der Waals surface area contributed by atoms with Crippen molar-refractivity contribution in [3.8, 4) is 11.5 Å². The number of benzene rings is 2. The quantitative estimate of drug-likeness (QED) is 0.508. The molecule has 0 bridgehead atoms. The molecule has 0 aliphatic rings. The molecule has 0 spiro atoms. The fraction of sp³-hybridized carbons (Fsp3) is 0.211. The second-order valence-corrected chi connectivity index (χ2v) is 6.23. The predicted octanol–water partition coefficient (Wildman–Crippen LogP) is 4.41. The molecule has 0 saturated heterocycles. The van der Waals surface area contributed by atoms with Gasteiger partial charge in [0.2, 0.25) is 0 Å². The maximum atomic E-state index is 11.5. The van der Waals surface area contributed by atoms with Crippen LogP contribution in [-0.4, -0.2) is 13.4 Å². The van der Waals surface area contributed by atoms with Gasteiger partial charge in [0.05, 0.1) is 7.11 Å². The van der Waals surface area contributed by atoms with Gasteiger partial charge in [-0.25, -0.2) is 4.79 Å². The van der Waals surface area contributed by atoms with E-state index in [1.54, 1.807) is 24.9 Å². The van der Waals surface area contributed by atoms with Gasteiger partial charge in [0.15, 0.2) is 0 Å². The van der Waals surface area contributed by atoms with E-state index >= 15 is 0 Å². The monoisotopic (exact) mass is 342 g/mol. The molecule has 0 aliphatic heterocycles. The van der Waals surface area contributed by atoms with Gasteiger partial charge in [-0.15, -0.1) is 11.8 Å². The average Bonchev–Trinajstić information content (AvgIpc) is 2.59. The lowest BCUT2D eigenvalue weighted by Gasteiger charge is -2.11. The minimum Gasteiger partial charge on any atom is -0.496 e. The van der Waals surface area contributed by atoms with Gasteiger partial charge in [0.1, 0.15) is 23.7 Å². The summed E-state index contributed by atoms with van der Waals surface area (Å²) in [5, 5.41) is 0.910. The maximum Gasteiger partial charge on any atom is 0.336 e. The summed E-state index contributed by atoms with van der Waals surface area (Å²) in [6, 6.07) is 13.0. The SMILES string of the molecule is COc1cc(COc2ccc3c(C)cc(=O)oc3c2)ccc1SC. The first kappa shape index (κ1) is 16.5. The van der Waals surface area contributed by atoms with Crippen LogP contribution in [0.15, 0.2) is 56.6 Å². The van der Waals surface area contributed by atoms with Crippen LogP contribution in [0.25, 0.3) is 11.0 Å². The Morgan fingerprint density at radius 2 is 1.96 bits per heavy atom. The van der Waals surface area contributed by atoms with E-state index in [1.165, 1.54) is 6.07 Å². The van der Waals surface area contributed by atoms with Gasteiger partial charge >= 0.3 is 5.63 Å². The predicted molar refractivity (Wildman–Crippen MR) is 96.3 cm³/mol. The third-order valence-corrected chi connectivity index (χ3v) is 4.55. The lowest BCUT2D eigenvalue weighted by molar-refractivity contribution is 0.305. The van der Waals surface area contributed by atoms with Crippen LogP contribution in [0.3, 0.4) is 0 Å². The fourth-order valence-electron chi connectivity index (χ4n) is 2.53. The first-order valence-corrected chi connectivity index (χ1v) is 8.71. The zero-order valence-corrected chi connectivity index (χ0v) is 14.6. The first-order chi connectivity index (χ1) is 11.6. The molecule has 5 heteroatoms. The van der Waals surface area contributed by atoms with E-state index in [1.807, 2.05) is 43.5 Å². The van der Waals surface area contributed by atoms with Gasteiger partial charge in [0.25, 0.3) is 0 Å². The number of hydrogen-bond acceptors (Lipinski definition) is 5. The highest BCUT2D eigenvalue weighted by molar-refractivity contribution is 7.98. The zero-order valence-electron chi connectivity index (χ0n) is 13.8. The van der Waals surface area contributed by atoms with E-state index in [9.17, 15) is 4.79 Å². The zero-order chi connectivity index (χ0) is 17.1. The van der Waals surface area contributed by atoms with Crippen LogP contribution >= 0.6 is 11.8 Å². The summed E-state index contributed by atoms with van der Waals surface area (Å²) < 4.78 is 16.5. The molecule has 4 nitrogen and oxygen atoms in total.